The number of rotatable bonds is 4. The minimum Gasteiger partial charge on any atom is -0.457 e. The lowest BCUT2D eigenvalue weighted by atomic mass is 9.94. The van der Waals surface area contributed by atoms with Gasteiger partial charge in [0.1, 0.15) is 11.5 Å². The van der Waals surface area contributed by atoms with Gasteiger partial charge in [-0.05, 0) is 18.2 Å². The molecule has 1 amide bonds. The molecule has 0 bridgehead atoms. The van der Waals surface area contributed by atoms with Crippen LogP contribution in [0.3, 0.4) is 0 Å². The number of nitrogens with one attached hydrogen (secondary N) is 1. The minimum atomic E-state index is -3.75. The van der Waals surface area contributed by atoms with E-state index >= 15 is 0 Å². The smallest absolute Gasteiger partial charge is 0.271 e. The highest BCUT2D eigenvalue weighted by Gasteiger charge is 2.29. The van der Waals surface area contributed by atoms with Crippen molar-refractivity contribution in [1.29, 1.82) is 0 Å². The number of sulfone groups is 1. The summed E-state index contributed by atoms with van der Waals surface area (Å²) in [5, 5.41) is 14.1. The molecule has 0 unspecified atom stereocenters. The Balaban J connectivity index is 1.77. The van der Waals surface area contributed by atoms with Crippen molar-refractivity contribution in [3.05, 3.63) is 93.5 Å². The minimum absolute atomic E-state index is 0.119. The van der Waals surface area contributed by atoms with Crippen molar-refractivity contribution < 1.29 is 22.9 Å². The molecule has 8 nitrogen and oxygen atoms in total. The van der Waals surface area contributed by atoms with E-state index in [1.807, 2.05) is 36.4 Å². The molecule has 1 aliphatic rings. The molecule has 0 spiro atoms. The molecule has 3 aromatic carbocycles. The Morgan fingerprint density at radius 1 is 1.00 bits per heavy atom. The zero-order chi connectivity index (χ0) is 21.5. The molecule has 0 fully saturated rings. The highest BCUT2D eigenvalue weighted by atomic mass is 32.2. The summed E-state index contributed by atoms with van der Waals surface area (Å²) in [6.07, 6.45) is 0.929. The van der Waals surface area contributed by atoms with Crippen LogP contribution in [0.4, 0.5) is 5.69 Å². The van der Waals surface area contributed by atoms with Crippen LogP contribution in [-0.4, -0.2) is 25.5 Å². The Hall–Kier alpha value is -3.72. The SMILES string of the molecule is CS(=O)(=O)c1cc(C(=O)NC2c3ccccc3Oc3ccccc32)cc([N+](=O)[O-])c1. The quantitative estimate of drug-likeness (QED) is 0.505. The Morgan fingerprint density at radius 2 is 1.57 bits per heavy atom. The van der Waals surface area contributed by atoms with Gasteiger partial charge in [-0.1, -0.05) is 36.4 Å². The van der Waals surface area contributed by atoms with Gasteiger partial charge in [0.2, 0.25) is 0 Å². The van der Waals surface area contributed by atoms with E-state index in [9.17, 15) is 23.3 Å². The van der Waals surface area contributed by atoms with Crippen LogP contribution in [0, 0.1) is 10.1 Å². The largest absolute Gasteiger partial charge is 0.457 e. The number of benzene rings is 3. The molecule has 9 heteroatoms. The van der Waals surface area contributed by atoms with Crippen LogP contribution in [-0.2, 0) is 9.84 Å². The molecule has 0 atom stereocenters. The average molecular weight is 424 g/mol. The monoisotopic (exact) mass is 424 g/mol. The number of non-ortho nitro benzene ring substituents is 1. The summed E-state index contributed by atoms with van der Waals surface area (Å²) in [7, 11) is -3.75. The van der Waals surface area contributed by atoms with Crippen molar-refractivity contribution in [2.45, 2.75) is 10.9 Å². The number of amides is 1. The van der Waals surface area contributed by atoms with Gasteiger partial charge in [-0.25, -0.2) is 8.42 Å². The van der Waals surface area contributed by atoms with Gasteiger partial charge >= 0.3 is 0 Å². The molecule has 1 aliphatic heterocycles. The van der Waals surface area contributed by atoms with Gasteiger partial charge in [0.05, 0.1) is 15.9 Å². The fourth-order valence-corrected chi connectivity index (χ4v) is 3.99. The lowest BCUT2D eigenvalue weighted by Gasteiger charge is -2.28. The number of fused-ring (bicyclic) bond motifs is 2. The normalized spacial score (nSPS) is 13.0. The van der Waals surface area contributed by atoms with Crippen molar-refractivity contribution in [2.75, 3.05) is 6.26 Å². The molecule has 1 N–H and O–H groups in total. The molecule has 0 saturated heterocycles. The van der Waals surface area contributed by atoms with Crippen molar-refractivity contribution in [3.63, 3.8) is 0 Å². The van der Waals surface area contributed by atoms with E-state index < -0.39 is 32.4 Å². The van der Waals surface area contributed by atoms with Crippen LogP contribution in [0.25, 0.3) is 0 Å². The first-order valence-corrected chi connectivity index (χ1v) is 10.8. The Bertz CT molecular complexity index is 1240. The topological polar surface area (TPSA) is 116 Å². The third kappa shape index (κ3) is 3.62. The molecule has 0 radical (unpaired) electrons. The Kier molecular flexibility index (Phi) is 4.75. The zero-order valence-corrected chi connectivity index (χ0v) is 16.5. The summed E-state index contributed by atoms with van der Waals surface area (Å²) in [5.74, 6) is 0.523. The van der Waals surface area contributed by atoms with E-state index in [1.54, 1.807) is 12.1 Å². The number of ether oxygens (including phenoxy) is 1. The van der Waals surface area contributed by atoms with Crippen LogP contribution in [0.15, 0.2) is 71.6 Å². The molecule has 0 aliphatic carbocycles. The van der Waals surface area contributed by atoms with Gasteiger partial charge < -0.3 is 10.1 Å². The first kappa shape index (κ1) is 19.6. The second-order valence-electron chi connectivity index (χ2n) is 6.83. The maximum absolute atomic E-state index is 13.0. The molecule has 1 heterocycles. The fraction of sp³-hybridized carbons (Fsp3) is 0.0952. The second-order valence-corrected chi connectivity index (χ2v) is 8.84. The third-order valence-electron chi connectivity index (χ3n) is 4.75. The molecule has 30 heavy (non-hydrogen) atoms. The predicted molar refractivity (Wildman–Crippen MR) is 108 cm³/mol. The van der Waals surface area contributed by atoms with Crippen molar-refractivity contribution >= 4 is 21.4 Å². The van der Waals surface area contributed by atoms with Crippen LogP contribution in [0.5, 0.6) is 11.5 Å². The van der Waals surface area contributed by atoms with Crippen molar-refractivity contribution in [1.82, 2.24) is 5.32 Å². The Labute approximate surface area is 172 Å². The number of hydrogen-bond donors (Lipinski definition) is 1. The van der Waals surface area contributed by atoms with Gasteiger partial charge in [0, 0.05) is 35.1 Å². The highest BCUT2D eigenvalue weighted by molar-refractivity contribution is 7.90. The van der Waals surface area contributed by atoms with Crippen LogP contribution < -0.4 is 10.1 Å². The average Bonchev–Trinajstić information content (AvgIpc) is 2.72. The van der Waals surface area contributed by atoms with E-state index in [2.05, 4.69) is 5.32 Å². The number of para-hydroxylation sites is 2. The second kappa shape index (κ2) is 7.27. The molecule has 152 valence electrons. The van der Waals surface area contributed by atoms with Crippen LogP contribution >= 0.6 is 0 Å². The molecular weight excluding hydrogens is 408 g/mol. The number of nitro benzene ring substituents is 1. The van der Waals surface area contributed by atoms with Gasteiger partial charge in [-0.2, -0.15) is 0 Å². The fourth-order valence-electron chi connectivity index (χ4n) is 3.31. The van der Waals surface area contributed by atoms with E-state index in [0.717, 1.165) is 35.6 Å². The Morgan fingerprint density at radius 3 is 2.10 bits per heavy atom. The summed E-state index contributed by atoms with van der Waals surface area (Å²) in [4.78, 5) is 23.2. The molecule has 0 aromatic heterocycles. The number of nitrogens with zero attached hydrogens (tertiary/aromatic N) is 1. The zero-order valence-electron chi connectivity index (χ0n) is 15.7. The van der Waals surface area contributed by atoms with Crippen LogP contribution in [0.1, 0.15) is 27.5 Å². The lowest BCUT2D eigenvalue weighted by Crippen LogP contribution is -2.31. The maximum atomic E-state index is 13.0. The summed E-state index contributed by atoms with van der Waals surface area (Å²) in [6.45, 7) is 0. The standard InChI is InChI=1S/C21H16N2O6S/c1-30(27,28)15-11-13(10-14(12-15)23(25)26)21(24)22-20-16-6-2-4-8-18(16)29-19-9-5-3-7-17(19)20/h2-12,20H,1H3,(H,22,24). The summed E-state index contributed by atoms with van der Waals surface area (Å²) in [6, 6.07) is 17.0. The summed E-state index contributed by atoms with van der Waals surface area (Å²) in [5.41, 5.74) is 0.846. The first-order valence-electron chi connectivity index (χ1n) is 8.90. The van der Waals surface area contributed by atoms with E-state index in [1.165, 1.54) is 0 Å². The van der Waals surface area contributed by atoms with Gasteiger partial charge in [-0.15, -0.1) is 0 Å². The van der Waals surface area contributed by atoms with Gasteiger partial charge in [0.15, 0.2) is 9.84 Å². The molecule has 4 rings (SSSR count). The van der Waals surface area contributed by atoms with E-state index in [4.69, 9.17) is 4.74 Å². The van der Waals surface area contributed by atoms with Gasteiger partial charge in [0.25, 0.3) is 11.6 Å². The van der Waals surface area contributed by atoms with Crippen molar-refractivity contribution in [3.8, 4) is 11.5 Å². The van der Waals surface area contributed by atoms with Crippen molar-refractivity contribution in [2.24, 2.45) is 0 Å². The van der Waals surface area contributed by atoms with Crippen LogP contribution in [0.2, 0.25) is 0 Å². The van der Waals surface area contributed by atoms with E-state index in [-0.39, 0.29) is 10.5 Å². The molecular formula is C21H16N2O6S. The maximum Gasteiger partial charge on any atom is 0.271 e. The number of nitro groups is 1. The summed E-state index contributed by atoms with van der Waals surface area (Å²) < 4.78 is 29.7. The first-order chi connectivity index (χ1) is 14.2. The number of carbonyl (C=O) groups excluding carboxylic acids is 1. The third-order valence-corrected chi connectivity index (χ3v) is 5.84. The van der Waals surface area contributed by atoms with Gasteiger partial charge in [-0.3, -0.25) is 14.9 Å². The number of carbonyl (C=O) groups is 1. The summed E-state index contributed by atoms with van der Waals surface area (Å²) >= 11 is 0. The molecule has 3 aromatic rings. The molecule has 0 saturated carbocycles. The lowest BCUT2D eigenvalue weighted by molar-refractivity contribution is -0.385. The van der Waals surface area contributed by atoms with E-state index in [0.29, 0.717) is 11.5 Å². The highest BCUT2D eigenvalue weighted by Crippen LogP contribution is 2.42. The number of hydrogen-bond acceptors (Lipinski definition) is 6. The predicted octanol–water partition coefficient (Wildman–Crippen LogP) is 3.62.